The molecule has 18 heavy (non-hydrogen) atoms. The van der Waals surface area contributed by atoms with E-state index in [9.17, 15) is 18.0 Å². The number of rotatable bonds is 4. The van der Waals surface area contributed by atoms with Crippen LogP contribution in [0.3, 0.4) is 0 Å². The van der Waals surface area contributed by atoms with Crippen LogP contribution in [0.1, 0.15) is 22.8 Å². The zero-order valence-electron chi connectivity index (χ0n) is 9.25. The average Bonchev–Trinajstić information content (AvgIpc) is 2.31. The normalized spacial score (nSPS) is 10.0. The summed E-state index contributed by atoms with van der Waals surface area (Å²) >= 11 is 0. The van der Waals surface area contributed by atoms with Crippen molar-refractivity contribution in [3.05, 3.63) is 29.1 Å². The van der Waals surface area contributed by atoms with Crippen LogP contribution >= 0.6 is 0 Å². The van der Waals surface area contributed by atoms with E-state index >= 15 is 0 Å². The Balaban J connectivity index is 3.21. The summed E-state index contributed by atoms with van der Waals surface area (Å²) in [6.45, 7) is -1.64. The first kappa shape index (κ1) is 13.8. The summed E-state index contributed by atoms with van der Waals surface area (Å²) in [6.07, 6.45) is 0. The summed E-state index contributed by atoms with van der Waals surface area (Å²) in [5, 5.41) is 8.73. The Hall–Kier alpha value is -2.23. The van der Waals surface area contributed by atoms with Gasteiger partial charge >= 0.3 is 12.6 Å². The molecule has 0 saturated heterocycles. The smallest absolute Gasteiger partial charge is 0.387 e. The molecule has 0 aromatic heterocycles. The summed E-state index contributed by atoms with van der Waals surface area (Å²) in [5.41, 5.74) is -1.02. The molecule has 0 bridgehead atoms. The molecule has 4 nitrogen and oxygen atoms in total. The van der Waals surface area contributed by atoms with E-state index in [4.69, 9.17) is 5.26 Å². The van der Waals surface area contributed by atoms with E-state index < -0.39 is 29.7 Å². The summed E-state index contributed by atoms with van der Waals surface area (Å²) in [7, 11) is 0. The fourth-order valence-corrected chi connectivity index (χ4v) is 1.23. The number of hydrogen-bond donors (Lipinski definition) is 0. The van der Waals surface area contributed by atoms with Gasteiger partial charge in [-0.1, -0.05) is 0 Å². The molecule has 0 radical (unpaired) electrons. The molecule has 0 aliphatic carbocycles. The number of nitriles is 1. The number of esters is 1. The summed E-state index contributed by atoms with van der Waals surface area (Å²) in [6, 6.07) is 3.26. The van der Waals surface area contributed by atoms with Crippen LogP contribution in [0.2, 0.25) is 0 Å². The van der Waals surface area contributed by atoms with Crippen LogP contribution in [0, 0.1) is 17.1 Å². The Morgan fingerprint density at radius 2 is 2.17 bits per heavy atom. The van der Waals surface area contributed by atoms with Gasteiger partial charge in [0.15, 0.2) is 11.6 Å². The van der Waals surface area contributed by atoms with Crippen molar-refractivity contribution in [3.63, 3.8) is 0 Å². The van der Waals surface area contributed by atoms with E-state index in [0.717, 1.165) is 12.1 Å². The fraction of sp³-hybridized carbons (Fsp3) is 0.273. The second-order valence-electron chi connectivity index (χ2n) is 3.01. The second-order valence-corrected chi connectivity index (χ2v) is 3.01. The van der Waals surface area contributed by atoms with E-state index in [2.05, 4.69) is 9.47 Å². The predicted octanol–water partition coefficient (Wildman–Crippen LogP) is 2.48. The molecule has 0 unspecified atom stereocenters. The molecule has 0 saturated carbocycles. The van der Waals surface area contributed by atoms with Crippen molar-refractivity contribution in [1.29, 1.82) is 5.26 Å². The van der Waals surface area contributed by atoms with Gasteiger partial charge < -0.3 is 9.47 Å². The number of halogens is 3. The highest BCUT2D eigenvalue weighted by molar-refractivity contribution is 5.92. The van der Waals surface area contributed by atoms with E-state index in [0.29, 0.717) is 0 Å². The molecule has 0 N–H and O–H groups in total. The minimum atomic E-state index is -3.22. The van der Waals surface area contributed by atoms with Gasteiger partial charge in [0.05, 0.1) is 12.2 Å². The van der Waals surface area contributed by atoms with E-state index in [-0.39, 0.29) is 12.2 Å². The Kier molecular flexibility index (Phi) is 4.54. The SMILES string of the molecule is CCOC(=O)c1ccc(OC(F)F)c(F)c1C#N. The van der Waals surface area contributed by atoms with Crippen molar-refractivity contribution in [2.75, 3.05) is 6.61 Å². The zero-order valence-corrected chi connectivity index (χ0v) is 9.25. The minimum Gasteiger partial charge on any atom is -0.462 e. The third-order valence-corrected chi connectivity index (χ3v) is 1.93. The Morgan fingerprint density at radius 1 is 1.50 bits per heavy atom. The third kappa shape index (κ3) is 2.91. The van der Waals surface area contributed by atoms with Crippen molar-refractivity contribution in [2.45, 2.75) is 13.5 Å². The first-order valence-electron chi connectivity index (χ1n) is 4.85. The molecule has 1 aromatic rings. The van der Waals surface area contributed by atoms with Gasteiger partial charge in [0.1, 0.15) is 11.6 Å². The number of benzene rings is 1. The van der Waals surface area contributed by atoms with Crippen LogP contribution in [0.15, 0.2) is 12.1 Å². The maximum atomic E-state index is 13.6. The highest BCUT2D eigenvalue weighted by Crippen LogP contribution is 2.25. The van der Waals surface area contributed by atoms with Crippen LogP contribution in [0.25, 0.3) is 0 Å². The third-order valence-electron chi connectivity index (χ3n) is 1.93. The van der Waals surface area contributed by atoms with Crippen LogP contribution < -0.4 is 4.74 Å². The van der Waals surface area contributed by atoms with Gasteiger partial charge in [0.25, 0.3) is 0 Å². The summed E-state index contributed by atoms with van der Waals surface area (Å²) < 4.78 is 46.0. The topological polar surface area (TPSA) is 59.3 Å². The molecule has 0 atom stereocenters. The monoisotopic (exact) mass is 259 g/mol. The Morgan fingerprint density at radius 3 is 2.67 bits per heavy atom. The molecular weight excluding hydrogens is 251 g/mol. The van der Waals surface area contributed by atoms with Crippen molar-refractivity contribution in [3.8, 4) is 11.8 Å². The maximum Gasteiger partial charge on any atom is 0.387 e. The lowest BCUT2D eigenvalue weighted by Gasteiger charge is -2.09. The standard InChI is InChI=1S/C11H8F3NO3/c1-2-17-10(16)6-3-4-8(18-11(13)14)9(12)7(6)5-15/h3-4,11H,2H2,1H3. The lowest BCUT2D eigenvalue weighted by Crippen LogP contribution is -2.10. The lowest BCUT2D eigenvalue weighted by atomic mass is 10.1. The molecule has 0 aliphatic rings. The molecule has 96 valence electrons. The molecule has 0 heterocycles. The molecule has 0 amide bonds. The van der Waals surface area contributed by atoms with Crippen molar-refractivity contribution < 1.29 is 27.4 Å². The van der Waals surface area contributed by atoms with E-state index in [1.807, 2.05) is 0 Å². The maximum absolute atomic E-state index is 13.6. The van der Waals surface area contributed by atoms with Gasteiger partial charge in [0.2, 0.25) is 0 Å². The number of carbonyl (C=O) groups is 1. The van der Waals surface area contributed by atoms with Gasteiger partial charge in [-0.2, -0.15) is 14.0 Å². The zero-order chi connectivity index (χ0) is 13.7. The van der Waals surface area contributed by atoms with Crippen molar-refractivity contribution in [2.24, 2.45) is 0 Å². The fourth-order valence-electron chi connectivity index (χ4n) is 1.23. The lowest BCUT2D eigenvalue weighted by molar-refractivity contribution is -0.0522. The summed E-state index contributed by atoms with van der Waals surface area (Å²) in [5.74, 6) is -3.02. The quantitative estimate of drug-likeness (QED) is 0.779. The Bertz CT molecular complexity index is 497. The number of ether oxygens (including phenoxy) is 2. The summed E-state index contributed by atoms with van der Waals surface area (Å²) in [4.78, 5) is 11.4. The molecule has 1 rings (SSSR count). The van der Waals surface area contributed by atoms with Crippen LogP contribution in [-0.2, 0) is 4.74 Å². The predicted molar refractivity (Wildman–Crippen MR) is 53.7 cm³/mol. The molecular formula is C11H8F3NO3. The first-order chi connectivity index (χ1) is 8.51. The van der Waals surface area contributed by atoms with Crippen molar-refractivity contribution in [1.82, 2.24) is 0 Å². The van der Waals surface area contributed by atoms with Gasteiger partial charge in [-0.05, 0) is 19.1 Å². The second kappa shape index (κ2) is 5.91. The number of nitrogens with zero attached hydrogens (tertiary/aromatic N) is 1. The highest BCUT2D eigenvalue weighted by Gasteiger charge is 2.21. The van der Waals surface area contributed by atoms with Crippen molar-refractivity contribution >= 4 is 5.97 Å². The number of carbonyl (C=O) groups excluding carboxylic acids is 1. The average molecular weight is 259 g/mol. The number of alkyl halides is 2. The molecule has 0 fully saturated rings. The van der Waals surface area contributed by atoms with Gasteiger partial charge in [0, 0.05) is 0 Å². The molecule has 0 spiro atoms. The Labute approximate surface area is 101 Å². The minimum absolute atomic E-state index is 0.0423. The largest absolute Gasteiger partial charge is 0.462 e. The van der Waals surface area contributed by atoms with Gasteiger partial charge in [-0.15, -0.1) is 0 Å². The van der Waals surface area contributed by atoms with E-state index in [1.54, 1.807) is 0 Å². The van der Waals surface area contributed by atoms with Crippen LogP contribution in [-0.4, -0.2) is 19.2 Å². The molecule has 7 heteroatoms. The molecule has 0 aliphatic heterocycles. The number of hydrogen-bond acceptors (Lipinski definition) is 4. The van der Waals surface area contributed by atoms with Gasteiger partial charge in [-0.3, -0.25) is 0 Å². The van der Waals surface area contributed by atoms with Gasteiger partial charge in [-0.25, -0.2) is 9.18 Å². The highest BCUT2D eigenvalue weighted by atomic mass is 19.3. The molecule has 1 aromatic carbocycles. The van der Waals surface area contributed by atoms with Crippen LogP contribution in [0.4, 0.5) is 13.2 Å². The van der Waals surface area contributed by atoms with E-state index in [1.165, 1.54) is 13.0 Å². The first-order valence-corrected chi connectivity index (χ1v) is 4.85. The van der Waals surface area contributed by atoms with Crippen LogP contribution in [0.5, 0.6) is 5.75 Å².